The standard InChI is InChI=1S/C15H25N3/c1-18(14-7-3-2-4-8-14)15(9-10-16)13-6-5-11-17-12-13/h5-6,11-12,14-15H,2-4,7-10,16H2,1H3. The van der Waals surface area contributed by atoms with E-state index in [9.17, 15) is 0 Å². The highest BCUT2D eigenvalue weighted by Crippen LogP contribution is 2.30. The Bertz CT molecular complexity index is 333. The van der Waals surface area contributed by atoms with Crippen molar-refractivity contribution in [2.75, 3.05) is 13.6 Å². The van der Waals surface area contributed by atoms with Crippen LogP contribution in [0.1, 0.15) is 50.1 Å². The maximum atomic E-state index is 5.79. The minimum Gasteiger partial charge on any atom is -0.330 e. The van der Waals surface area contributed by atoms with Crippen LogP contribution in [0.3, 0.4) is 0 Å². The van der Waals surface area contributed by atoms with Crippen molar-refractivity contribution in [3.8, 4) is 0 Å². The summed E-state index contributed by atoms with van der Waals surface area (Å²) in [5, 5.41) is 0. The summed E-state index contributed by atoms with van der Waals surface area (Å²) < 4.78 is 0. The summed E-state index contributed by atoms with van der Waals surface area (Å²) in [6.45, 7) is 0.733. The minimum absolute atomic E-state index is 0.423. The number of aromatic nitrogens is 1. The molecule has 100 valence electrons. The molecule has 3 heteroatoms. The van der Waals surface area contributed by atoms with Crippen molar-refractivity contribution in [1.82, 2.24) is 9.88 Å². The number of nitrogens with zero attached hydrogens (tertiary/aromatic N) is 2. The van der Waals surface area contributed by atoms with Crippen LogP contribution in [0, 0.1) is 0 Å². The van der Waals surface area contributed by atoms with Crippen LogP contribution in [0.2, 0.25) is 0 Å². The molecule has 0 bridgehead atoms. The molecule has 1 aromatic rings. The van der Waals surface area contributed by atoms with Crippen LogP contribution in [0.4, 0.5) is 0 Å². The lowest BCUT2D eigenvalue weighted by atomic mass is 9.92. The average molecular weight is 247 g/mol. The zero-order valence-corrected chi connectivity index (χ0v) is 11.4. The second-order valence-corrected chi connectivity index (χ2v) is 5.34. The third-order valence-corrected chi connectivity index (χ3v) is 4.15. The highest BCUT2D eigenvalue weighted by Gasteiger charge is 2.25. The first-order chi connectivity index (χ1) is 8.83. The van der Waals surface area contributed by atoms with Gasteiger partial charge in [0, 0.05) is 24.5 Å². The molecule has 18 heavy (non-hydrogen) atoms. The van der Waals surface area contributed by atoms with E-state index in [2.05, 4.69) is 23.0 Å². The second-order valence-electron chi connectivity index (χ2n) is 5.34. The Labute approximate surface area is 110 Å². The monoisotopic (exact) mass is 247 g/mol. The van der Waals surface area contributed by atoms with Gasteiger partial charge in [-0.15, -0.1) is 0 Å². The fourth-order valence-electron chi connectivity index (χ4n) is 3.08. The van der Waals surface area contributed by atoms with E-state index in [-0.39, 0.29) is 0 Å². The van der Waals surface area contributed by atoms with Crippen LogP contribution in [0.15, 0.2) is 24.5 Å². The molecule has 3 nitrogen and oxygen atoms in total. The van der Waals surface area contributed by atoms with Crippen LogP contribution in [0.5, 0.6) is 0 Å². The molecule has 1 unspecified atom stereocenters. The number of rotatable bonds is 5. The molecule has 1 heterocycles. The normalized spacial score (nSPS) is 19.1. The van der Waals surface area contributed by atoms with E-state index in [1.165, 1.54) is 37.7 Å². The zero-order chi connectivity index (χ0) is 12.8. The molecule has 0 saturated heterocycles. The van der Waals surface area contributed by atoms with Crippen LogP contribution in [-0.4, -0.2) is 29.5 Å². The van der Waals surface area contributed by atoms with Crippen LogP contribution in [0.25, 0.3) is 0 Å². The smallest absolute Gasteiger partial charge is 0.0375 e. The van der Waals surface area contributed by atoms with Crippen molar-refractivity contribution >= 4 is 0 Å². The van der Waals surface area contributed by atoms with E-state index in [4.69, 9.17) is 5.73 Å². The molecule has 0 spiro atoms. The van der Waals surface area contributed by atoms with E-state index >= 15 is 0 Å². The van der Waals surface area contributed by atoms with E-state index in [1.807, 2.05) is 18.5 Å². The van der Waals surface area contributed by atoms with Crippen molar-refractivity contribution in [1.29, 1.82) is 0 Å². The first kappa shape index (κ1) is 13.5. The maximum absolute atomic E-state index is 5.79. The molecule has 0 radical (unpaired) electrons. The van der Waals surface area contributed by atoms with Gasteiger partial charge in [0.1, 0.15) is 0 Å². The molecule has 1 saturated carbocycles. The SMILES string of the molecule is CN(C1CCCCC1)C(CCN)c1cccnc1. The lowest BCUT2D eigenvalue weighted by molar-refractivity contribution is 0.132. The summed E-state index contributed by atoms with van der Waals surface area (Å²) in [4.78, 5) is 6.78. The Morgan fingerprint density at radius 2 is 2.17 bits per heavy atom. The van der Waals surface area contributed by atoms with Crippen LogP contribution >= 0.6 is 0 Å². The molecule has 0 aromatic carbocycles. The van der Waals surface area contributed by atoms with E-state index in [0.717, 1.165) is 19.0 Å². The van der Waals surface area contributed by atoms with Crippen LogP contribution < -0.4 is 5.73 Å². The highest BCUT2D eigenvalue weighted by atomic mass is 15.2. The summed E-state index contributed by atoms with van der Waals surface area (Å²) in [7, 11) is 2.25. The zero-order valence-electron chi connectivity index (χ0n) is 11.4. The quantitative estimate of drug-likeness (QED) is 0.870. The second kappa shape index (κ2) is 6.86. The third-order valence-electron chi connectivity index (χ3n) is 4.15. The summed E-state index contributed by atoms with van der Waals surface area (Å²) in [5.74, 6) is 0. The maximum Gasteiger partial charge on any atom is 0.0375 e. The molecule has 1 aliphatic carbocycles. The Balaban J connectivity index is 2.08. The predicted octanol–water partition coefficient (Wildman–Crippen LogP) is 2.74. The van der Waals surface area contributed by atoms with Gasteiger partial charge in [0.05, 0.1) is 0 Å². The number of hydrogen-bond acceptors (Lipinski definition) is 3. The number of hydrogen-bond donors (Lipinski definition) is 1. The van der Waals surface area contributed by atoms with Gasteiger partial charge in [0.2, 0.25) is 0 Å². The van der Waals surface area contributed by atoms with Gasteiger partial charge in [0.25, 0.3) is 0 Å². The van der Waals surface area contributed by atoms with E-state index < -0.39 is 0 Å². The Kier molecular flexibility index (Phi) is 5.14. The largest absolute Gasteiger partial charge is 0.330 e. The van der Waals surface area contributed by atoms with Crippen molar-refractivity contribution in [2.45, 2.75) is 50.6 Å². The summed E-state index contributed by atoms with van der Waals surface area (Å²) in [5.41, 5.74) is 7.09. The summed E-state index contributed by atoms with van der Waals surface area (Å²) in [6.07, 6.45) is 11.6. The van der Waals surface area contributed by atoms with Gasteiger partial charge in [-0.3, -0.25) is 9.88 Å². The van der Waals surface area contributed by atoms with Crippen molar-refractivity contribution in [3.05, 3.63) is 30.1 Å². The number of nitrogens with two attached hydrogens (primary N) is 1. The molecule has 0 aliphatic heterocycles. The van der Waals surface area contributed by atoms with Crippen molar-refractivity contribution in [3.63, 3.8) is 0 Å². The van der Waals surface area contributed by atoms with Gasteiger partial charge in [-0.2, -0.15) is 0 Å². The lowest BCUT2D eigenvalue weighted by Gasteiger charge is -2.37. The fourth-order valence-corrected chi connectivity index (χ4v) is 3.08. The van der Waals surface area contributed by atoms with Gasteiger partial charge in [-0.25, -0.2) is 0 Å². The Morgan fingerprint density at radius 1 is 1.39 bits per heavy atom. The Morgan fingerprint density at radius 3 is 2.78 bits per heavy atom. The molecule has 2 rings (SSSR count). The molecule has 1 aliphatic rings. The Hall–Kier alpha value is -0.930. The summed E-state index contributed by atoms with van der Waals surface area (Å²) in [6, 6.07) is 5.34. The molecule has 1 fully saturated rings. The van der Waals surface area contributed by atoms with E-state index in [1.54, 1.807) is 0 Å². The predicted molar refractivity (Wildman–Crippen MR) is 75.3 cm³/mol. The summed E-state index contributed by atoms with van der Waals surface area (Å²) >= 11 is 0. The molecule has 0 amide bonds. The van der Waals surface area contributed by atoms with Crippen molar-refractivity contribution in [2.24, 2.45) is 5.73 Å². The first-order valence-electron chi connectivity index (χ1n) is 7.15. The number of pyridine rings is 1. The van der Waals surface area contributed by atoms with Gasteiger partial charge in [-0.05, 0) is 44.5 Å². The highest BCUT2D eigenvalue weighted by molar-refractivity contribution is 5.14. The topological polar surface area (TPSA) is 42.1 Å². The molecular weight excluding hydrogens is 222 g/mol. The molecular formula is C15H25N3. The van der Waals surface area contributed by atoms with Crippen LogP contribution in [-0.2, 0) is 0 Å². The van der Waals surface area contributed by atoms with E-state index in [0.29, 0.717) is 6.04 Å². The first-order valence-corrected chi connectivity index (χ1v) is 7.15. The van der Waals surface area contributed by atoms with Gasteiger partial charge < -0.3 is 5.73 Å². The van der Waals surface area contributed by atoms with Crippen molar-refractivity contribution < 1.29 is 0 Å². The minimum atomic E-state index is 0.423. The molecule has 2 N–H and O–H groups in total. The average Bonchev–Trinajstić information content (AvgIpc) is 2.46. The fraction of sp³-hybridized carbons (Fsp3) is 0.667. The van der Waals surface area contributed by atoms with Gasteiger partial charge in [0.15, 0.2) is 0 Å². The molecule has 1 atom stereocenters. The molecule has 1 aromatic heterocycles. The van der Waals surface area contributed by atoms with Gasteiger partial charge >= 0.3 is 0 Å². The van der Waals surface area contributed by atoms with Gasteiger partial charge in [-0.1, -0.05) is 25.3 Å². The lowest BCUT2D eigenvalue weighted by Crippen LogP contribution is -2.37. The third kappa shape index (κ3) is 3.30.